The van der Waals surface area contributed by atoms with E-state index in [-0.39, 0.29) is 0 Å². The molecule has 1 rings (SSSR count). The Hall–Kier alpha value is -1.18. The van der Waals surface area contributed by atoms with Gasteiger partial charge in [-0.2, -0.15) is 0 Å². The number of rotatable bonds is 20. The second-order valence-electron chi connectivity index (χ2n) is 10.2. The van der Waals surface area contributed by atoms with Gasteiger partial charge in [0.2, 0.25) is 0 Å². The quantitative estimate of drug-likeness (QED) is 0.154. The van der Waals surface area contributed by atoms with Crippen LogP contribution in [0.15, 0.2) is 12.1 Å². The fourth-order valence-corrected chi connectivity index (χ4v) is 5.00. The van der Waals surface area contributed by atoms with Gasteiger partial charge < -0.3 is 10.2 Å². The molecule has 2 atom stereocenters. The van der Waals surface area contributed by atoms with Gasteiger partial charge in [-0.15, -0.1) is 0 Å². The summed E-state index contributed by atoms with van der Waals surface area (Å²) in [6, 6.07) is 3.71. The van der Waals surface area contributed by atoms with Gasteiger partial charge in [-0.1, -0.05) is 118 Å². The first-order chi connectivity index (χ1) is 15.5. The van der Waals surface area contributed by atoms with Crippen LogP contribution in [0.25, 0.3) is 0 Å². The first-order valence-corrected chi connectivity index (χ1v) is 14.1. The van der Waals surface area contributed by atoms with Crippen molar-refractivity contribution in [3.05, 3.63) is 23.3 Å². The number of unbranched alkanes of at least 4 members (excludes halogenated alkanes) is 6. The third-order valence-electron chi connectivity index (χ3n) is 7.29. The lowest BCUT2D eigenvalue weighted by molar-refractivity contribution is 0.381. The van der Waals surface area contributed by atoms with Crippen molar-refractivity contribution in [2.24, 2.45) is 11.8 Å². The molecule has 0 unspecified atom stereocenters. The van der Waals surface area contributed by atoms with E-state index in [0.717, 1.165) is 48.6 Å². The van der Waals surface area contributed by atoms with Gasteiger partial charge in [0.1, 0.15) is 11.5 Å². The molecular formula is C30H54O2. The van der Waals surface area contributed by atoms with E-state index in [2.05, 4.69) is 27.7 Å². The van der Waals surface area contributed by atoms with Crippen molar-refractivity contribution in [1.29, 1.82) is 0 Å². The van der Waals surface area contributed by atoms with Gasteiger partial charge in [0.25, 0.3) is 0 Å². The van der Waals surface area contributed by atoms with Crippen LogP contribution in [-0.4, -0.2) is 10.2 Å². The average Bonchev–Trinajstić information content (AvgIpc) is 2.79. The standard InChI is InChI=1S/C30H54O2/c1-5-9-13-17-25(15-11-7-3)19-21-27-23-30(32)28(24-29(27)31)22-20-26(16-12-8-4)18-14-10-6-2/h23-26,31-32H,5-22H2,1-4H3/t25-,26+. The molecule has 0 saturated heterocycles. The predicted octanol–water partition coefficient (Wildman–Crippen LogP) is 9.74. The van der Waals surface area contributed by atoms with Crippen molar-refractivity contribution in [3.63, 3.8) is 0 Å². The first-order valence-electron chi connectivity index (χ1n) is 14.1. The molecule has 2 heteroatoms. The predicted molar refractivity (Wildman–Crippen MR) is 141 cm³/mol. The molecule has 0 spiro atoms. The number of phenols is 2. The van der Waals surface area contributed by atoms with Gasteiger partial charge in [0.05, 0.1) is 0 Å². The second kappa shape index (κ2) is 18.3. The van der Waals surface area contributed by atoms with Crippen molar-refractivity contribution < 1.29 is 10.2 Å². The summed E-state index contributed by atoms with van der Waals surface area (Å²) in [5, 5.41) is 21.4. The maximum absolute atomic E-state index is 10.7. The number of hydrogen-bond acceptors (Lipinski definition) is 2. The molecule has 1 aromatic carbocycles. The van der Waals surface area contributed by atoms with Crippen LogP contribution in [-0.2, 0) is 12.8 Å². The summed E-state index contributed by atoms with van der Waals surface area (Å²) in [6.07, 6.45) is 22.1. The van der Waals surface area contributed by atoms with E-state index in [9.17, 15) is 10.2 Å². The Morgan fingerprint density at radius 2 is 0.844 bits per heavy atom. The molecule has 32 heavy (non-hydrogen) atoms. The van der Waals surface area contributed by atoms with Crippen molar-refractivity contribution in [2.45, 2.75) is 143 Å². The zero-order chi connectivity index (χ0) is 23.6. The van der Waals surface area contributed by atoms with Crippen molar-refractivity contribution >= 4 is 0 Å². The summed E-state index contributed by atoms with van der Waals surface area (Å²) in [7, 11) is 0. The van der Waals surface area contributed by atoms with Crippen LogP contribution in [0, 0.1) is 11.8 Å². The van der Waals surface area contributed by atoms with Crippen LogP contribution in [0.2, 0.25) is 0 Å². The lowest BCUT2D eigenvalue weighted by Crippen LogP contribution is -2.05. The van der Waals surface area contributed by atoms with Gasteiger partial charge >= 0.3 is 0 Å². The van der Waals surface area contributed by atoms with E-state index in [1.165, 1.54) is 89.9 Å². The minimum Gasteiger partial charge on any atom is -0.508 e. The molecule has 0 heterocycles. The molecular weight excluding hydrogens is 392 g/mol. The summed E-state index contributed by atoms with van der Waals surface area (Å²) in [5.41, 5.74) is 1.85. The maximum Gasteiger partial charge on any atom is 0.119 e. The maximum atomic E-state index is 10.7. The first kappa shape index (κ1) is 28.9. The molecule has 1 aromatic rings. The fourth-order valence-electron chi connectivity index (χ4n) is 5.00. The van der Waals surface area contributed by atoms with E-state index in [1.807, 2.05) is 12.1 Å². The van der Waals surface area contributed by atoms with E-state index in [1.54, 1.807) is 0 Å². The van der Waals surface area contributed by atoms with E-state index < -0.39 is 0 Å². The normalized spacial score (nSPS) is 13.4. The minimum absolute atomic E-state index is 0.386. The molecule has 2 nitrogen and oxygen atoms in total. The molecule has 2 N–H and O–H groups in total. The van der Waals surface area contributed by atoms with E-state index in [4.69, 9.17) is 0 Å². The van der Waals surface area contributed by atoms with Crippen molar-refractivity contribution in [3.8, 4) is 11.5 Å². The third kappa shape index (κ3) is 12.2. The lowest BCUT2D eigenvalue weighted by atomic mass is 9.88. The van der Waals surface area contributed by atoms with Gasteiger partial charge in [0.15, 0.2) is 0 Å². The molecule has 0 bridgehead atoms. The Bertz CT molecular complexity index is 529. The Morgan fingerprint density at radius 3 is 1.19 bits per heavy atom. The lowest BCUT2D eigenvalue weighted by Gasteiger charge is -2.19. The third-order valence-corrected chi connectivity index (χ3v) is 7.29. The van der Waals surface area contributed by atoms with Crippen LogP contribution in [0.4, 0.5) is 0 Å². The van der Waals surface area contributed by atoms with Gasteiger partial charge in [-0.05, 0) is 60.8 Å². The summed E-state index contributed by atoms with van der Waals surface area (Å²) in [6.45, 7) is 9.06. The Balaban J connectivity index is 2.67. The van der Waals surface area contributed by atoms with Crippen molar-refractivity contribution in [2.75, 3.05) is 0 Å². The monoisotopic (exact) mass is 446 g/mol. The molecule has 0 fully saturated rings. The van der Waals surface area contributed by atoms with E-state index in [0.29, 0.717) is 11.5 Å². The fraction of sp³-hybridized carbons (Fsp3) is 0.800. The van der Waals surface area contributed by atoms with Gasteiger partial charge in [-0.25, -0.2) is 0 Å². The molecule has 0 aliphatic rings. The zero-order valence-electron chi connectivity index (χ0n) is 21.9. The molecule has 0 amide bonds. The molecule has 0 saturated carbocycles. The Labute approximate surface area is 200 Å². The van der Waals surface area contributed by atoms with Crippen molar-refractivity contribution in [1.82, 2.24) is 0 Å². The number of aromatic hydroxyl groups is 2. The average molecular weight is 447 g/mol. The summed E-state index contributed by atoms with van der Waals surface area (Å²) < 4.78 is 0. The largest absolute Gasteiger partial charge is 0.508 e. The molecule has 186 valence electrons. The minimum atomic E-state index is 0.386. The van der Waals surface area contributed by atoms with Crippen LogP contribution < -0.4 is 0 Å². The SMILES string of the molecule is CCCCC[C@@H](CCCC)CCc1cc(O)c(CC[C@@H](CCCC)CCCCC)cc1O. The number of benzene rings is 1. The second-order valence-corrected chi connectivity index (χ2v) is 10.2. The number of phenolic OH excluding ortho intramolecular Hbond substituents is 2. The zero-order valence-corrected chi connectivity index (χ0v) is 21.9. The highest BCUT2D eigenvalue weighted by Crippen LogP contribution is 2.33. The van der Waals surface area contributed by atoms with Gasteiger partial charge in [0, 0.05) is 0 Å². The highest BCUT2D eigenvalue weighted by Gasteiger charge is 2.15. The summed E-state index contributed by atoms with van der Waals surface area (Å²) in [5.74, 6) is 2.25. The topological polar surface area (TPSA) is 40.5 Å². The van der Waals surface area contributed by atoms with Crippen LogP contribution in [0.3, 0.4) is 0 Å². The van der Waals surface area contributed by atoms with Crippen LogP contribution >= 0.6 is 0 Å². The van der Waals surface area contributed by atoms with E-state index >= 15 is 0 Å². The highest BCUT2D eigenvalue weighted by atomic mass is 16.3. The van der Waals surface area contributed by atoms with Crippen LogP contribution in [0.5, 0.6) is 11.5 Å². The molecule has 0 aliphatic carbocycles. The van der Waals surface area contributed by atoms with Gasteiger partial charge in [-0.3, -0.25) is 0 Å². The summed E-state index contributed by atoms with van der Waals surface area (Å²) in [4.78, 5) is 0. The smallest absolute Gasteiger partial charge is 0.119 e. The Morgan fingerprint density at radius 1 is 0.500 bits per heavy atom. The molecule has 0 aliphatic heterocycles. The summed E-state index contributed by atoms with van der Waals surface area (Å²) >= 11 is 0. The number of hydrogen-bond donors (Lipinski definition) is 2. The molecule has 0 aromatic heterocycles. The molecule has 0 radical (unpaired) electrons. The van der Waals surface area contributed by atoms with Crippen LogP contribution in [0.1, 0.15) is 142 Å². The highest BCUT2D eigenvalue weighted by molar-refractivity contribution is 5.45. The Kier molecular flexibility index (Phi) is 16.5. The number of aryl methyl sites for hydroxylation is 2.